The summed E-state index contributed by atoms with van der Waals surface area (Å²) < 4.78 is 5.24. The third-order valence-corrected chi connectivity index (χ3v) is 4.08. The van der Waals surface area contributed by atoms with Crippen molar-refractivity contribution >= 4 is 0 Å². The molecule has 0 heterocycles. The van der Waals surface area contributed by atoms with Crippen molar-refractivity contribution in [1.82, 2.24) is 0 Å². The van der Waals surface area contributed by atoms with Gasteiger partial charge in [-0.15, -0.1) is 0 Å². The first-order chi connectivity index (χ1) is 8.76. The fourth-order valence-electron chi connectivity index (χ4n) is 2.93. The summed E-state index contributed by atoms with van der Waals surface area (Å²) in [6, 6.07) is 6.06. The van der Waals surface area contributed by atoms with Crippen LogP contribution in [-0.4, -0.2) is 12.2 Å². The standard InChI is InChI=1S/C16H24O2/c1-3-4-5-6-12-7-8-13-11-14(18-2)9-10-15(13)16(12)17/h9-12,16-17H,3-8H2,1-2H3. The maximum absolute atomic E-state index is 10.4. The van der Waals surface area contributed by atoms with Gasteiger partial charge in [0.25, 0.3) is 0 Å². The second-order valence-electron chi connectivity index (χ2n) is 5.30. The van der Waals surface area contributed by atoms with Gasteiger partial charge in [-0.3, -0.25) is 0 Å². The Kier molecular flexibility index (Phi) is 4.65. The predicted octanol–water partition coefficient (Wildman–Crippen LogP) is 3.87. The molecule has 18 heavy (non-hydrogen) atoms. The number of benzene rings is 1. The van der Waals surface area contributed by atoms with Gasteiger partial charge < -0.3 is 9.84 Å². The van der Waals surface area contributed by atoms with Crippen molar-refractivity contribution in [2.75, 3.05) is 7.11 Å². The molecule has 1 aliphatic rings. The second-order valence-corrected chi connectivity index (χ2v) is 5.30. The van der Waals surface area contributed by atoms with Gasteiger partial charge in [-0.05, 0) is 48.4 Å². The first kappa shape index (κ1) is 13.4. The lowest BCUT2D eigenvalue weighted by Gasteiger charge is -2.30. The number of hydrogen-bond acceptors (Lipinski definition) is 2. The molecule has 1 aromatic carbocycles. The SMILES string of the molecule is CCCCCC1CCc2cc(OC)ccc2C1O. The maximum atomic E-state index is 10.4. The second kappa shape index (κ2) is 6.24. The zero-order valence-electron chi connectivity index (χ0n) is 11.5. The molecule has 100 valence electrons. The Bertz CT molecular complexity index is 387. The lowest BCUT2D eigenvalue weighted by Crippen LogP contribution is -2.20. The summed E-state index contributed by atoms with van der Waals surface area (Å²) in [5, 5.41) is 10.4. The Morgan fingerprint density at radius 1 is 1.33 bits per heavy atom. The maximum Gasteiger partial charge on any atom is 0.119 e. The van der Waals surface area contributed by atoms with Crippen molar-refractivity contribution in [1.29, 1.82) is 0 Å². The monoisotopic (exact) mass is 248 g/mol. The van der Waals surface area contributed by atoms with E-state index in [1.165, 1.54) is 24.8 Å². The van der Waals surface area contributed by atoms with Crippen LogP contribution in [-0.2, 0) is 6.42 Å². The molecule has 0 radical (unpaired) electrons. The van der Waals surface area contributed by atoms with Crippen molar-refractivity contribution in [3.8, 4) is 5.75 Å². The molecule has 2 atom stereocenters. The Morgan fingerprint density at radius 3 is 2.89 bits per heavy atom. The number of fused-ring (bicyclic) bond motifs is 1. The Balaban J connectivity index is 2.06. The van der Waals surface area contributed by atoms with Crippen molar-refractivity contribution in [2.24, 2.45) is 5.92 Å². The molecule has 2 heteroatoms. The van der Waals surface area contributed by atoms with Crippen molar-refractivity contribution in [2.45, 2.75) is 51.6 Å². The summed E-state index contributed by atoms with van der Waals surface area (Å²) in [6.45, 7) is 2.22. The highest BCUT2D eigenvalue weighted by molar-refractivity contribution is 5.38. The van der Waals surface area contributed by atoms with Gasteiger partial charge >= 0.3 is 0 Å². The van der Waals surface area contributed by atoms with Crippen molar-refractivity contribution in [3.63, 3.8) is 0 Å². The number of unbranched alkanes of at least 4 members (excludes halogenated alkanes) is 2. The van der Waals surface area contributed by atoms with E-state index in [1.807, 2.05) is 12.1 Å². The van der Waals surface area contributed by atoms with E-state index in [-0.39, 0.29) is 6.10 Å². The van der Waals surface area contributed by atoms with Gasteiger partial charge in [-0.1, -0.05) is 32.3 Å². The highest BCUT2D eigenvalue weighted by atomic mass is 16.5. The van der Waals surface area contributed by atoms with Gasteiger partial charge in [0, 0.05) is 0 Å². The van der Waals surface area contributed by atoms with Gasteiger partial charge in [-0.2, -0.15) is 0 Å². The molecule has 0 saturated carbocycles. The minimum atomic E-state index is -0.281. The Hall–Kier alpha value is -1.02. The van der Waals surface area contributed by atoms with Gasteiger partial charge in [-0.25, -0.2) is 0 Å². The number of aliphatic hydroxyl groups is 1. The average molecular weight is 248 g/mol. The van der Waals surface area contributed by atoms with Crippen LogP contribution in [0.25, 0.3) is 0 Å². The average Bonchev–Trinajstić information content (AvgIpc) is 2.41. The fourth-order valence-corrected chi connectivity index (χ4v) is 2.93. The molecule has 0 aliphatic heterocycles. The van der Waals surface area contributed by atoms with E-state index in [2.05, 4.69) is 13.0 Å². The number of methoxy groups -OCH3 is 1. The lowest BCUT2D eigenvalue weighted by atomic mass is 9.79. The first-order valence-electron chi connectivity index (χ1n) is 7.11. The van der Waals surface area contributed by atoms with E-state index in [0.717, 1.165) is 30.6 Å². The molecular weight excluding hydrogens is 224 g/mol. The lowest BCUT2D eigenvalue weighted by molar-refractivity contribution is 0.0868. The minimum Gasteiger partial charge on any atom is -0.497 e. The first-order valence-corrected chi connectivity index (χ1v) is 7.11. The zero-order valence-corrected chi connectivity index (χ0v) is 11.5. The molecule has 0 amide bonds. The summed E-state index contributed by atoms with van der Waals surface area (Å²) in [7, 11) is 1.69. The zero-order chi connectivity index (χ0) is 13.0. The smallest absolute Gasteiger partial charge is 0.119 e. The van der Waals surface area contributed by atoms with Crippen LogP contribution in [0.15, 0.2) is 18.2 Å². The topological polar surface area (TPSA) is 29.5 Å². The number of ether oxygens (including phenoxy) is 1. The highest BCUT2D eigenvalue weighted by Gasteiger charge is 2.27. The van der Waals surface area contributed by atoms with Crippen LogP contribution >= 0.6 is 0 Å². The summed E-state index contributed by atoms with van der Waals surface area (Å²) in [6.07, 6.45) is 6.81. The van der Waals surface area contributed by atoms with E-state index in [4.69, 9.17) is 4.74 Å². The summed E-state index contributed by atoms with van der Waals surface area (Å²) in [5.74, 6) is 1.34. The van der Waals surface area contributed by atoms with Crippen LogP contribution in [0.5, 0.6) is 5.75 Å². The molecule has 0 bridgehead atoms. The molecule has 0 aromatic heterocycles. The fraction of sp³-hybridized carbons (Fsp3) is 0.625. The quantitative estimate of drug-likeness (QED) is 0.801. The molecule has 2 unspecified atom stereocenters. The Labute approximate surface area is 110 Å². The van der Waals surface area contributed by atoms with Crippen LogP contribution in [0.2, 0.25) is 0 Å². The molecule has 2 rings (SSSR count). The highest BCUT2D eigenvalue weighted by Crippen LogP contribution is 2.38. The molecule has 0 saturated heterocycles. The summed E-state index contributed by atoms with van der Waals surface area (Å²) in [4.78, 5) is 0. The van der Waals surface area contributed by atoms with Gasteiger partial charge in [0.1, 0.15) is 5.75 Å². The Morgan fingerprint density at radius 2 is 2.17 bits per heavy atom. The van der Waals surface area contributed by atoms with Crippen LogP contribution in [0, 0.1) is 5.92 Å². The molecular formula is C16H24O2. The number of hydrogen-bond donors (Lipinski definition) is 1. The van der Waals surface area contributed by atoms with E-state index >= 15 is 0 Å². The summed E-state index contributed by atoms with van der Waals surface area (Å²) >= 11 is 0. The molecule has 2 nitrogen and oxygen atoms in total. The molecule has 0 spiro atoms. The minimum absolute atomic E-state index is 0.281. The number of aliphatic hydroxyl groups excluding tert-OH is 1. The van der Waals surface area contributed by atoms with Crippen LogP contribution in [0.4, 0.5) is 0 Å². The van der Waals surface area contributed by atoms with Crippen molar-refractivity contribution in [3.05, 3.63) is 29.3 Å². The van der Waals surface area contributed by atoms with Gasteiger partial charge in [0.2, 0.25) is 0 Å². The summed E-state index contributed by atoms with van der Waals surface area (Å²) in [5.41, 5.74) is 2.37. The van der Waals surface area contributed by atoms with Crippen LogP contribution in [0.1, 0.15) is 56.3 Å². The molecule has 0 fully saturated rings. The number of aryl methyl sites for hydroxylation is 1. The van der Waals surface area contributed by atoms with Crippen LogP contribution in [0.3, 0.4) is 0 Å². The molecule has 1 aromatic rings. The normalized spacial score (nSPS) is 22.6. The van der Waals surface area contributed by atoms with E-state index in [9.17, 15) is 5.11 Å². The van der Waals surface area contributed by atoms with Crippen molar-refractivity contribution < 1.29 is 9.84 Å². The molecule has 1 aliphatic carbocycles. The number of rotatable bonds is 5. The largest absolute Gasteiger partial charge is 0.497 e. The predicted molar refractivity (Wildman–Crippen MR) is 73.9 cm³/mol. The third-order valence-electron chi connectivity index (χ3n) is 4.08. The third kappa shape index (κ3) is 2.86. The molecule has 1 N–H and O–H groups in total. The van der Waals surface area contributed by atoms with E-state index in [1.54, 1.807) is 7.11 Å². The van der Waals surface area contributed by atoms with Gasteiger partial charge in [0.15, 0.2) is 0 Å². The van der Waals surface area contributed by atoms with Gasteiger partial charge in [0.05, 0.1) is 13.2 Å². The van der Waals surface area contributed by atoms with E-state index < -0.39 is 0 Å². The van der Waals surface area contributed by atoms with Crippen LogP contribution < -0.4 is 4.74 Å². The van der Waals surface area contributed by atoms with E-state index in [0.29, 0.717) is 5.92 Å².